The highest BCUT2D eigenvalue weighted by atomic mass is 32.2. The van der Waals surface area contributed by atoms with Crippen LogP contribution in [0.5, 0.6) is 0 Å². The van der Waals surface area contributed by atoms with Crippen molar-refractivity contribution in [2.75, 3.05) is 23.9 Å². The van der Waals surface area contributed by atoms with Crippen molar-refractivity contribution in [1.82, 2.24) is 20.0 Å². The number of nitrogens with zero attached hydrogens (tertiary/aromatic N) is 5. The van der Waals surface area contributed by atoms with E-state index < -0.39 is 27.8 Å². The first kappa shape index (κ1) is 21.6. The van der Waals surface area contributed by atoms with Gasteiger partial charge in [0.05, 0.1) is 42.2 Å². The molecule has 2 aliphatic rings. The molecule has 0 saturated carbocycles. The Morgan fingerprint density at radius 2 is 2.00 bits per heavy atom. The van der Waals surface area contributed by atoms with E-state index in [2.05, 4.69) is 25.5 Å². The van der Waals surface area contributed by atoms with Gasteiger partial charge in [0, 0.05) is 12.8 Å². The Morgan fingerprint density at radius 1 is 1.22 bits per heavy atom. The Kier molecular flexibility index (Phi) is 5.74. The van der Waals surface area contributed by atoms with Crippen LogP contribution >= 0.6 is 0 Å². The number of hydrogen-bond acceptors (Lipinski definition) is 9. The third-order valence-electron chi connectivity index (χ3n) is 5.16. The molecule has 13 heteroatoms. The van der Waals surface area contributed by atoms with Crippen LogP contribution in [-0.2, 0) is 24.2 Å². The van der Waals surface area contributed by atoms with E-state index in [1.807, 2.05) is 0 Å². The molecule has 32 heavy (non-hydrogen) atoms. The van der Waals surface area contributed by atoms with Gasteiger partial charge in [-0.05, 0) is 18.6 Å². The number of aromatic nitrogens is 3. The summed E-state index contributed by atoms with van der Waals surface area (Å²) in [5.74, 6) is -1.63. The van der Waals surface area contributed by atoms with Crippen molar-refractivity contribution in [2.45, 2.75) is 25.3 Å². The summed E-state index contributed by atoms with van der Waals surface area (Å²) in [6.45, 7) is 0. The van der Waals surface area contributed by atoms with Crippen molar-refractivity contribution in [1.29, 1.82) is 0 Å². The third kappa shape index (κ3) is 4.37. The first-order chi connectivity index (χ1) is 15.3. The van der Waals surface area contributed by atoms with Crippen LogP contribution in [0.15, 0.2) is 35.6 Å². The highest BCUT2D eigenvalue weighted by Crippen LogP contribution is 2.24. The molecule has 1 fully saturated rings. The summed E-state index contributed by atoms with van der Waals surface area (Å²) in [4.78, 5) is 36.8. The number of benzene rings is 1. The second-order valence-corrected chi connectivity index (χ2v) is 9.58. The van der Waals surface area contributed by atoms with E-state index in [1.54, 1.807) is 24.3 Å². The second-order valence-electron chi connectivity index (χ2n) is 7.35. The zero-order valence-corrected chi connectivity index (χ0v) is 17.9. The van der Waals surface area contributed by atoms with Gasteiger partial charge in [-0.15, -0.1) is 5.10 Å². The number of nitrogens with one attached hydrogen (secondary N) is 1. The molecule has 0 unspecified atom stereocenters. The van der Waals surface area contributed by atoms with Crippen molar-refractivity contribution in [3.05, 3.63) is 36.2 Å². The fourth-order valence-electron chi connectivity index (χ4n) is 3.54. The van der Waals surface area contributed by atoms with Crippen molar-refractivity contribution in [2.24, 2.45) is 5.10 Å². The maximum atomic E-state index is 12.9. The molecule has 1 aromatic heterocycles. The van der Waals surface area contributed by atoms with Gasteiger partial charge < -0.3 is 10.1 Å². The molecule has 1 aromatic carbocycles. The number of ether oxygens (including phenoxy) is 1. The molecule has 4 rings (SSSR count). The lowest BCUT2D eigenvalue weighted by Crippen LogP contribution is -2.42. The highest BCUT2D eigenvalue weighted by Gasteiger charge is 2.37. The topological polar surface area (TPSA) is 153 Å². The van der Waals surface area contributed by atoms with Gasteiger partial charge in [0.25, 0.3) is 5.91 Å². The molecule has 0 radical (unpaired) electrons. The summed E-state index contributed by atoms with van der Waals surface area (Å²) < 4.78 is 29.5. The second kappa shape index (κ2) is 8.49. The number of amides is 2. The van der Waals surface area contributed by atoms with Gasteiger partial charge in [0.2, 0.25) is 5.91 Å². The molecule has 2 amide bonds. The van der Waals surface area contributed by atoms with E-state index in [0.29, 0.717) is 17.8 Å². The van der Waals surface area contributed by atoms with E-state index in [9.17, 15) is 22.8 Å². The molecule has 3 heterocycles. The number of esters is 1. The Balaban J connectivity index is 1.55. The largest absolute Gasteiger partial charge is 0.464 e. The van der Waals surface area contributed by atoms with E-state index in [4.69, 9.17) is 0 Å². The lowest BCUT2D eigenvalue weighted by molar-refractivity contribution is -0.133. The van der Waals surface area contributed by atoms with Crippen LogP contribution in [0.25, 0.3) is 5.69 Å². The zero-order valence-electron chi connectivity index (χ0n) is 17.1. The molecule has 12 nitrogen and oxygen atoms in total. The molecular formula is C19H20N6O6S. The number of methoxy groups -OCH3 is 1. The molecule has 0 spiro atoms. The zero-order chi connectivity index (χ0) is 22.9. The number of para-hydroxylation sites is 2. The van der Waals surface area contributed by atoms with Crippen molar-refractivity contribution in [3.8, 4) is 5.69 Å². The molecule has 0 bridgehead atoms. The monoisotopic (exact) mass is 460 g/mol. The van der Waals surface area contributed by atoms with Gasteiger partial charge in [0.15, 0.2) is 15.5 Å². The van der Waals surface area contributed by atoms with Crippen LogP contribution < -0.4 is 5.32 Å². The van der Waals surface area contributed by atoms with Gasteiger partial charge >= 0.3 is 5.97 Å². The normalized spacial score (nSPS) is 20.0. The van der Waals surface area contributed by atoms with Crippen molar-refractivity contribution >= 4 is 39.0 Å². The van der Waals surface area contributed by atoms with Crippen LogP contribution in [0.1, 0.15) is 29.8 Å². The molecule has 2 aromatic rings. The number of sulfone groups is 1. The minimum Gasteiger partial charge on any atom is -0.464 e. The van der Waals surface area contributed by atoms with Gasteiger partial charge in [-0.3, -0.25) is 9.59 Å². The maximum absolute atomic E-state index is 12.9. The average molecular weight is 460 g/mol. The maximum Gasteiger partial charge on any atom is 0.360 e. The minimum absolute atomic E-state index is 0.00264. The SMILES string of the molecule is COC(=O)c1cn(-c2ccccc2NC(=O)C2=NN([C@@H]3CCS(=O)(=O)C3)C(=O)CC2)nn1. The quantitative estimate of drug-likeness (QED) is 0.619. The van der Waals surface area contributed by atoms with Crippen LogP contribution in [0.3, 0.4) is 0 Å². The number of carbonyl (C=O) groups is 3. The standard InChI is InChI=1S/C19H20N6O6S/c1-31-19(28)15-10-24(23-21-15)16-5-3-2-4-13(16)20-18(27)14-6-7-17(26)25(22-14)12-8-9-32(29,30)11-12/h2-5,10,12H,6-9,11H2,1H3,(H,20,27)/t12-/m1/s1. The fourth-order valence-corrected chi connectivity index (χ4v) is 5.23. The molecule has 2 aliphatic heterocycles. The number of carbonyl (C=O) groups excluding carboxylic acids is 3. The Bertz CT molecular complexity index is 1220. The lowest BCUT2D eigenvalue weighted by Gasteiger charge is -2.27. The predicted molar refractivity (Wildman–Crippen MR) is 112 cm³/mol. The summed E-state index contributed by atoms with van der Waals surface area (Å²) in [5, 5.41) is 15.7. The first-order valence-electron chi connectivity index (χ1n) is 9.79. The number of hydrogen-bond donors (Lipinski definition) is 1. The molecular weight excluding hydrogens is 440 g/mol. The Morgan fingerprint density at radius 3 is 2.72 bits per heavy atom. The van der Waals surface area contributed by atoms with E-state index in [-0.39, 0.29) is 41.7 Å². The smallest absolute Gasteiger partial charge is 0.360 e. The number of anilines is 1. The van der Waals surface area contributed by atoms with Crippen LogP contribution in [0.2, 0.25) is 0 Å². The van der Waals surface area contributed by atoms with E-state index in [1.165, 1.54) is 18.0 Å². The predicted octanol–water partition coefficient (Wildman–Crippen LogP) is 0.158. The number of rotatable bonds is 5. The summed E-state index contributed by atoms with van der Waals surface area (Å²) in [7, 11) is -1.98. The molecule has 168 valence electrons. The Labute approximate surface area is 183 Å². The van der Waals surface area contributed by atoms with Crippen LogP contribution in [-0.4, -0.2) is 76.6 Å². The Hall–Kier alpha value is -3.61. The summed E-state index contributed by atoms with van der Waals surface area (Å²) >= 11 is 0. The van der Waals surface area contributed by atoms with E-state index >= 15 is 0 Å². The minimum atomic E-state index is -3.21. The molecule has 0 aliphatic carbocycles. The molecule has 1 N–H and O–H groups in total. The van der Waals surface area contributed by atoms with Crippen LogP contribution in [0, 0.1) is 0 Å². The van der Waals surface area contributed by atoms with E-state index in [0.717, 1.165) is 5.01 Å². The third-order valence-corrected chi connectivity index (χ3v) is 6.91. The van der Waals surface area contributed by atoms with Gasteiger partial charge in [-0.25, -0.2) is 22.9 Å². The fraction of sp³-hybridized carbons (Fsp3) is 0.368. The number of hydrazone groups is 1. The average Bonchev–Trinajstić information content (AvgIpc) is 3.40. The van der Waals surface area contributed by atoms with Gasteiger partial charge in [-0.1, -0.05) is 17.3 Å². The summed E-state index contributed by atoms with van der Waals surface area (Å²) in [6, 6.07) is 6.19. The molecule has 1 atom stereocenters. The highest BCUT2D eigenvalue weighted by molar-refractivity contribution is 7.91. The lowest BCUT2D eigenvalue weighted by atomic mass is 10.1. The summed E-state index contributed by atoms with van der Waals surface area (Å²) in [6.07, 6.45) is 1.87. The summed E-state index contributed by atoms with van der Waals surface area (Å²) in [5.41, 5.74) is 0.964. The van der Waals surface area contributed by atoms with Crippen molar-refractivity contribution in [3.63, 3.8) is 0 Å². The van der Waals surface area contributed by atoms with Gasteiger partial charge in [-0.2, -0.15) is 5.10 Å². The first-order valence-corrected chi connectivity index (χ1v) is 11.6. The molecule has 1 saturated heterocycles. The van der Waals surface area contributed by atoms with Crippen molar-refractivity contribution < 1.29 is 27.5 Å². The van der Waals surface area contributed by atoms with Crippen LogP contribution in [0.4, 0.5) is 5.69 Å². The van der Waals surface area contributed by atoms with Gasteiger partial charge in [0.1, 0.15) is 5.71 Å².